The zero-order valence-corrected chi connectivity index (χ0v) is 17.0. The minimum Gasteiger partial charge on any atom is -0.453 e. The van der Waals surface area contributed by atoms with Gasteiger partial charge in [0.25, 0.3) is 0 Å². The van der Waals surface area contributed by atoms with E-state index >= 15 is 0 Å². The monoisotopic (exact) mass is 399 g/mol. The molecule has 4 rings (SSSR count). The lowest BCUT2D eigenvalue weighted by Crippen LogP contribution is -2.33. The van der Waals surface area contributed by atoms with Crippen LogP contribution in [0.1, 0.15) is 49.0 Å². The quantitative estimate of drug-likeness (QED) is 0.770. The normalized spacial score (nSPS) is 18.6. The third-order valence-corrected chi connectivity index (χ3v) is 5.94. The second-order valence-electron chi connectivity index (χ2n) is 7.98. The molecule has 0 radical (unpaired) electrons. The highest BCUT2D eigenvalue weighted by molar-refractivity contribution is 6.02. The Morgan fingerprint density at radius 1 is 1.14 bits per heavy atom. The van der Waals surface area contributed by atoms with Crippen LogP contribution in [0.25, 0.3) is 11.0 Å². The van der Waals surface area contributed by atoms with Crippen molar-refractivity contribution >= 4 is 28.6 Å². The number of carbonyl (C=O) groups excluding carboxylic acids is 2. The number of hydrogen-bond acceptors (Lipinski definition) is 7. The Balaban J connectivity index is 1.47. The predicted octanol–water partition coefficient (Wildman–Crippen LogP) is 2.07. The molecule has 0 aromatic carbocycles. The van der Waals surface area contributed by atoms with E-state index in [4.69, 9.17) is 9.72 Å². The lowest BCUT2D eigenvalue weighted by atomic mass is 9.94. The van der Waals surface area contributed by atoms with Crippen molar-refractivity contribution < 1.29 is 14.3 Å². The van der Waals surface area contributed by atoms with Gasteiger partial charge in [0.1, 0.15) is 5.82 Å². The molecular weight excluding hydrogens is 370 g/mol. The Kier molecular flexibility index (Phi) is 6.08. The molecule has 0 bridgehead atoms. The first-order chi connectivity index (χ1) is 14.1. The van der Waals surface area contributed by atoms with Crippen LogP contribution in [0.5, 0.6) is 0 Å². The fourth-order valence-corrected chi connectivity index (χ4v) is 4.21. The molecule has 2 aromatic heterocycles. The molecule has 4 heterocycles. The van der Waals surface area contributed by atoms with Crippen LogP contribution < -0.4 is 10.2 Å². The van der Waals surface area contributed by atoms with Gasteiger partial charge in [0, 0.05) is 26.1 Å². The average Bonchev–Trinajstić information content (AvgIpc) is 2.92. The number of fused-ring (bicyclic) bond motifs is 1. The zero-order valence-electron chi connectivity index (χ0n) is 17.0. The van der Waals surface area contributed by atoms with Gasteiger partial charge in [-0.15, -0.1) is 0 Å². The summed E-state index contributed by atoms with van der Waals surface area (Å²) in [5, 5.41) is 8.21. The SMILES string of the molecule is Cn1nc(C(=O)OCC(=O)C2CCNCC2)c2ccc(N3CCCCCC3)nc21. The number of esters is 1. The Morgan fingerprint density at radius 2 is 1.86 bits per heavy atom. The van der Waals surface area contributed by atoms with E-state index in [9.17, 15) is 9.59 Å². The van der Waals surface area contributed by atoms with Gasteiger partial charge in [-0.05, 0) is 50.9 Å². The molecule has 2 aromatic rings. The standard InChI is InChI=1S/C21H29N5O3/c1-25-20-16(6-7-18(23-20)26-12-4-2-3-5-13-26)19(24-25)21(28)29-14-17(27)15-8-10-22-11-9-15/h6-7,15,22H,2-5,8-14H2,1H3. The van der Waals surface area contributed by atoms with E-state index in [0.717, 1.165) is 44.8 Å². The van der Waals surface area contributed by atoms with Crippen molar-refractivity contribution in [2.45, 2.75) is 38.5 Å². The molecule has 2 fully saturated rings. The molecule has 0 aliphatic carbocycles. The highest BCUT2D eigenvalue weighted by atomic mass is 16.5. The number of aryl methyl sites for hydroxylation is 1. The summed E-state index contributed by atoms with van der Waals surface area (Å²) in [6.45, 7) is 3.48. The zero-order chi connectivity index (χ0) is 20.2. The minimum absolute atomic E-state index is 0.0124. The van der Waals surface area contributed by atoms with Crippen molar-refractivity contribution in [2.24, 2.45) is 13.0 Å². The van der Waals surface area contributed by atoms with Crippen LogP contribution in [0.3, 0.4) is 0 Å². The number of Topliss-reactive ketones (excluding diaryl/α,β-unsaturated/α-hetero) is 1. The summed E-state index contributed by atoms with van der Waals surface area (Å²) in [7, 11) is 1.78. The molecule has 0 atom stereocenters. The van der Waals surface area contributed by atoms with Crippen molar-refractivity contribution in [1.82, 2.24) is 20.1 Å². The number of nitrogens with one attached hydrogen (secondary N) is 1. The van der Waals surface area contributed by atoms with Crippen LogP contribution in [0.2, 0.25) is 0 Å². The van der Waals surface area contributed by atoms with Crippen LogP contribution >= 0.6 is 0 Å². The fraction of sp³-hybridized carbons (Fsp3) is 0.619. The van der Waals surface area contributed by atoms with E-state index in [-0.39, 0.29) is 24.0 Å². The molecule has 0 unspecified atom stereocenters. The van der Waals surface area contributed by atoms with Crippen molar-refractivity contribution in [3.05, 3.63) is 17.8 Å². The summed E-state index contributed by atoms with van der Waals surface area (Å²) in [6, 6.07) is 3.84. The van der Waals surface area contributed by atoms with Gasteiger partial charge >= 0.3 is 5.97 Å². The van der Waals surface area contributed by atoms with Gasteiger partial charge in [0.05, 0.1) is 5.39 Å². The number of rotatable bonds is 5. The summed E-state index contributed by atoms with van der Waals surface area (Å²) >= 11 is 0. The Bertz CT molecular complexity index is 880. The topological polar surface area (TPSA) is 89.3 Å². The van der Waals surface area contributed by atoms with Crippen LogP contribution in [-0.4, -0.2) is 59.3 Å². The van der Waals surface area contributed by atoms with Crippen LogP contribution in [0.15, 0.2) is 12.1 Å². The molecule has 0 amide bonds. The number of pyridine rings is 1. The van der Waals surface area contributed by atoms with Crippen molar-refractivity contribution in [3.8, 4) is 0 Å². The molecule has 0 spiro atoms. The minimum atomic E-state index is -0.567. The van der Waals surface area contributed by atoms with Gasteiger partial charge in [-0.2, -0.15) is 5.10 Å². The number of nitrogens with zero attached hydrogens (tertiary/aromatic N) is 4. The van der Waals surface area contributed by atoms with E-state index in [2.05, 4.69) is 15.3 Å². The van der Waals surface area contributed by atoms with Gasteiger partial charge in [-0.25, -0.2) is 14.5 Å². The molecule has 2 aliphatic rings. The van der Waals surface area contributed by atoms with Gasteiger partial charge in [-0.1, -0.05) is 12.8 Å². The number of aromatic nitrogens is 3. The maximum atomic E-state index is 12.6. The molecule has 1 N–H and O–H groups in total. The van der Waals surface area contributed by atoms with Gasteiger partial charge in [0.2, 0.25) is 0 Å². The second kappa shape index (κ2) is 8.90. The number of carbonyl (C=O) groups is 2. The van der Waals surface area contributed by atoms with Crippen LogP contribution in [-0.2, 0) is 16.6 Å². The lowest BCUT2D eigenvalue weighted by Gasteiger charge is -2.21. The van der Waals surface area contributed by atoms with Crippen molar-refractivity contribution in [3.63, 3.8) is 0 Å². The average molecular weight is 399 g/mol. The second-order valence-corrected chi connectivity index (χ2v) is 7.98. The third-order valence-electron chi connectivity index (χ3n) is 5.94. The van der Waals surface area contributed by atoms with Gasteiger partial charge < -0.3 is 15.0 Å². The highest BCUT2D eigenvalue weighted by Crippen LogP contribution is 2.23. The van der Waals surface area contributed by atoms with Gasteiger partial charge in [0.15, 0.2) is 23.7 Å². The first kappa shape index (κ1) is 19.8. The summed E-state index contributed by atoms with van der Waals surface area (Å²) in [6.07, 6.45) is 6.47. The molecule has 29 heavy (non-hydrogen) atoms. The van der Waals surface area contributed by atoms with E-state index < -0.39 is 5.97 Å². The Hall–Kier alpha value is -2.48. The summed E-state index contributed by atoms with van der Waals surface area (Å²) in [5.41, 5.74) is 0.874. The smallest absolute Gasteiger partial charge is 0.359 e. The molecule has 156 valence electrons. The van der Waals surface area contributed by atoms with Gasteiger partial charge in [-0.3, -0.25) is 4.79 Å². The summed E-state index contributed by atoms with van der Waals surface area (Å²) in [5.74, 6) is 0.314. The largest absolute Gasteiger partial charge is 0.453 e. The number of hydrogen-bond donors (Lipinski definition) is 1. The maximum Gasteiger partial charge on any atom is 0.359 e. The number of anilines is 1. The summed E-state index contributed by atoms with van der Waals surface area (Å²) < 4.78 is 6.92. The van der Waals surface area contributed by atoms with Crippen LogP contribution in [0.4, 0.5) is 5.82 Å². The predicted molar refractivity (Wildman–Crippen MR) is 110 cm³/mol. The number of ether oxygens (including phenoxy) is 1. The Morgan fingerprint density at radius 3 is 2.59 bits per heavy atom. The fourth-order valence-electron chi connectivity index (χ4n) is 4.21. The highest BCUT2D eigenvalue weighted by Gasteiger charge is 2.24. The van der Waals surface area contributed by atoms with E-state index in [1.165, 1.54) is 25.7 Å². The lowest BCUT2D eigenvalue weighted by molar-refractivity contribution is -0.126. The van der Waals surface area contributed by atoms with Crippen LogP contribution in [0, 0.1) is 5.92 Å². The Labute approximate surface area is 170 Å². The van der Waals surface area contributed by atoms with Crippen molar-refractivity contribution in [2.75, 3.05) is 37.7 Å². The molecular formula is C21H29N5O3. The number of piperidine rings is 1. The first-order valence-electron chi connectivity index (χ1n) is 10.6. The summed E-state index contributed by atoms with van der Waals surface area (Å²) in [4.78, 5) is 31.9. The molecule has 8 nitrogen and oxygen atoms in total. The molecule has 8 heteroatoms. The first-order valence-corrected chi connectivity index (χ1v) is 10.6. The molecule has 0 saturated carbocycles. The molecule has 2 aliphatic heterocycles. The molecule has 2 saturated heterocycles. The van der Waals surface area contributed by atoms with Crippen molar-refractivity contribution in [1.29, 1.82) is 0 Å². The van der Waals surface area contributed by atoms with E-state index in [1.54, 1.807) is 11.7 Å². The van der Waals surface area contributed by atoms with E-state index in [1.807, 2.05) is 12.1 Å². The number of ketones is 1. The third kappa shape index (κ3) is 4.42. The maximum absolute atomic E-state index is 12.6. The van der Waals surface area contributed by atoms with E-state index in [0.29, 0.717) is 11.0 Å².